The lowest BCUT2D eigenvalue weighted by Gasteiger charge is -2.58. The minimum Gasteiger partial charge on any atom is -0.495 e. The Morgan fingerprint density at radius 2 is 1.01 bits per heavy atom. The van der Waals surface area contributed by atoms with E-state index in [1.807, 2.05) is 0 Å². The van der Waals surface area contributed by atoms with Gasteiger partial charge in [-0.2, -0.15) is 0 Å². The van der Waals surface area contributed by atoms with Crippen molar-refractivity contribution in [2.24, 2.45) is 5.92 Å². The van der Waals surface area contributed by atoms with Crippen LogP contribution in [-0.2, 0) is 48.7 Å². The Bertz CT molecular complexity index is 4260. The highest BCUT2D eigenvalue weighted by Gasteiger charge is 2.64. The van der Waals surface area contributed by atoms with Gasteiger partial charge in [-0.1, -0.05) is 141 Å². The highest BCUT2D eigenvalue weighted by molar-refractivity contribution is 6.90. The van der Waals surface area contributed by atoms with Gasteiger partial charge >= 0.3 is 6.71 Å². The number of furan rings is 1. The third-order valence-corrected chi connectivity index (χ3v) is 27.3. The summed E-state index contributed by atoms with van der Waals surface area (Å²) < 4.78 is 16.1. The van der Waals surface area contributed by atoms with Crippen molar-refractivity contribution in [2.75, 3.05) is 14.7 Å². The molecule has 0 spiro atoms. The lowest BCUT2D eigenvalue weighted by atomic mass is 9.34. The molecule has 5 aliphatic heterocycles. The molecule has 0 saturated heterocycles. The lowest BCUT2D eigenvalue weighted by Crippen LogP contribution is -2.65. The van der Waals surface area contributed by atoms with Crippen molar-refractivity contribution in [2.45, 2.75) is 268 Å². The molecule has 0 radical (unpaired) electrons. The number of hydrogen-bond acceptors (Lipinski definition) is 5. The molecule has 5 nitrogen and oxygen atoms in total. The molecule has 0 amide bonds. The molecule has 1 saturated carbocycles. The molecule has 450 valence electrons. The molecule has 10 aliphatic rings. The van der Waals surface area contributed by atoms with E-state index in [1.165, 1.54) is 132 Å². The van der Waals surface area contributed by atoms with Gasteiger partial charge in [-0.25, -0.2) is 0 Å². The maximum Gasteiger partial charge on any atom is 0.312 e. The van der Waals surface area contributed by atoms with Crippen LogP contribution in [0.3, 0.4) is 0 Å². The van der Waals surface area contributed by atoms with Gasteiger partial charge in [-0.15, -0.1) is 0 Å². The van der Waals surface area contributed by atoms with Crippen molar-refractivity contribution < 1.29 is 9.15 Å². The van der Waals surface area contributed by atoms with E-state index in [4.69, 9.17) is 9.15 Å². The first-order chi connectivity index (χ1) is 40.7. The van der Waals surface area contributed by atoms with Crippen LogP contribution in [0, 0.1) is 19.8 Å². The van der Waals surface area contributed by atoms with Crippen LogP contribution >= 0.6 is 0 Å². The number of hydrogen-bond donors (Lipinski definition) is 0. The van der Waals surface area contributed by atoms with Gasteiger partial charge < -0.3 is 23.9 Å². The van der Waals surface area contributed by atoms with E-state index in [2.05, 4.69) is 231 Å². The quantitative estimate of drug-likeness (QED) is 0.153. The Kier molecular flexibility index (Phi) is 10.5. The van der Waals surface area contributed by atoms with Crippen LogP contribution in [0.25, 0.3) is 11.0 Å². The number of fused-ring (bicyclic) bond motifs is 21. The maximum atomic E-state index is 8.08. The maximum absolute atomic E-state index is 8.08. The summed E-state index contributed by atoms with van der Waals surface area (Å²) in [6, 6.07) is 35.9. The highest BCUT2D eigenvalue weighted by atomic mass is 16.5. The number of nitrogens with zero attached hydrogens (tertiary/aromatic N) is 3. The Labute approximate surface area is 521 Å². The van der Waals surface area contributed by atoms with E-state index in [0.717, 1.165) is 61.9 Å². The fraction of sp³-hybridized carbons (Fsp3) is 0.531. The summed E-state index contributed by atoms with van der Waals surface area (Å²) in [6.07, 6.45) is 12.8. The molecule has 6 bridgehead atoms. The molecule has 6 heteroatoms. The molecule has 6 aromatic carbocycles. The van der Waals surface area contributed by atoms with E-state index in [9.17, 15) is 0 Å². The SMILES string of the molecule is Cc1cc(C)c2c(c1)C1(C)CCC3CC1(C)N2c1cc2c4c(c1)N(c1ccc5c(c1)C3(C)CCC5(C)C)C1c3cc5c(cc3OC1B4c1oc3cc4c(cc3c1N2c1ccc2c(c1)C(C)(C)CCC2(C)C)C(C)(C)CCC4(C)C)C(C)(C)CCC5(C)C. The van der Waals surface area contributed by atoms with Gasteiger partial charge in [-0.05, 0) is 262 Å². The second-order valence-corrected chi connectivity index (χ2v) is 35.7. The van der Waals surface area contributed by atoms with Crippen LogP contribution in [0.2, 0.25) is 0 Å². The van der Waals surface area contributed by atoms with Crippen LogP contribution < -0.4 is 30.6 Å². The molecule has 5 aliphatic carbocycles. The van der Waals surface area contributed by atoms with Crippen molar-refractivity contribution in [1.29, 1.82) is 0 Å². The number of aryl methyl sites for hydroxylation is 2. The molecule has 1 aromatic heterocycles. The van der Waals surface area contributed by atoms with Crippen molar-refractivity contribution in [3.8, 4) is 5.75 Å². The Hall–Kier alpha value is -5.88. The first-order valence-corrected chi connectivity index (χ1v) is 34.2. The summed E-state index contributed by atoms with van der Waals surface area (Å²) in [5, 5.41) is 1.22. The first-order valence-electron chi connectivity index (χ1n) is 34.2. The van der Waals surface area contributed by atoms with E-state index in [0.29, 0.717) is 5.92 Å². The second kappa shape index (κ2) is 16.5. The number of ether oxygens (including phenoxy) is 1. The molecule has 17 rings (SSSR count). The minimum atomic E-state index is -0.288. The smallest absolute Gasteiger partial charge is 0.312 e. The van der Waals surface area contributed by atoms with Crippen molar-refractivity contribution in [1.82, 2.24) is 0 Å². The number of rotatable bonds is 1. The van der Waals surface area contributed by atoms with Crippen molar-refractivity contribution in [3.05, 3.63) is 152 Å². The van der Waals surface area contributed by atoms with Gasteiger partial charge in [0.1, 0.15) is 17.3 Å². The predicted octanol–water partition coefficient (Wildman–Crippen LogP) is 20.0. The third-order valence-electron chi connectivity index (χ3n) is 27.3. The molecular weight excluding hydrogens is 1060 g/mol. The van der Waals surface area contributed by atoms with Crippen molar-refractivity contribution >= 4 is 68.6 Å². The average Bonchev–Trinajstić information content (AvgIpc) is 1.58. The monoisotopic (exact) mass is 1150 g/mol. The van der Waals surface area contributed by atoms with E-state index >= 15 is 0 Å². The van der Waals surface area contributed by atoms with Gasteiger partial charge in [0.2, 0.25) is 0 Å². The topological polar surface area (TPSA) is 32.1 Å². The fourth-order valence-electron chi connectivity index (χ4n) is 21.1. The standard InChI is InChI=1S/C81H96BN3O2/c1-45-34-46(2)67-61(35-45)80(18)25-24-47-44-81(80,19)85(67)50-38-62-66-63(39-50)84(49-21-23-54-60(37-49)79(47,17)33-32-73(54,5)6)69-52-41-57-59(78(15,16)31-29-76(57,11)12)43-65(52)87-71(69)82(66)70-68(51-40-56-58(42-64(51)86-70)77(13,14)30-28-75(56,9)10)83(62)48-20-22-53-55(36-48)74(7,8)27-26-72(53,3)4/h20-23,34-43,47,69,71H,24-33,44H2,1-19H3. The summed E-state index contributed by atoms with van der Waals surface area (Å²) in [5.41, 5.74) is 29.7. The first kappa shape index (κ1) is 55.2. The molecule has 87 heavy (non-hydrogen) atoms. The summed E-state index contributed by atoms with van der Waals surface area (Å²) >= 11 is 0. The molecular formula is C81H96BN3O2. The fourth-order valence-corrected chi connectivity index (χ4v) is 21.1. The van der Waals surface area contributed by atoms with E-state index < -0.39 is 0 Å². The van der Waals surface area contributed by atoms with E-state index in [-0.39, 0.29) is 73.0 Å². The Balaban J connectivity index is 1.05. The van der Waals surface area contributed by atoms with Gasteiger partial charge in [0.25, 0.3) is 0 Å². The van der Waals surface area contributed by atoms with Crippen LogP contribution in [0.1, 0.15) is 261 Å². The zero-order chi connectivity index (χ0) is 61.0. The summed E-state index contributed by atoms with van der Waals surface area (Å²) in [6.45, 7) is 47.5. The Morgan fingerprint density at radius 3 is 1.67 bits per heavy atom. The molecule has 6 atom stereocenters. The third kappa shape index (κ3) is 6.91. The van der Waals surface area contributed by atoms with Crippen LogP contribution in [0.15, 0.2) is 89.3 Å². The number of benzene rings is 6. The van der Waals surface area contributed by atoms with Gasteiger partial charge in [0.15, 0.2) is 0 Å². The van der Waals surface area contributed by atoms with Gasteiger partial charge in [-0.3, -0.25) is 0 Å². The molecule has 1 fully saturated rings. The van der Waals surface area contributed by atoms with Gasteiger partial charge in [0, 0.05) is 50.5 Å². The predicted molar refractivity (Wildman–Crippen MR) is 365 cm³/mol. The Morgan fingerprint density at radius 1 is 0.471 bits per heavy atom. The lowest BCUT2D eigenvalue weighted by molar-refractivity contribution is 0.0840. The average molecular weight is 1150 g/mol. The normalized spacial score (nSPS) is 29.9. The molecule has 7 aromatic rings. The largest absolute Gasteiger partial charge is 0.495 e. The second-order valence-electron chi connectivity index (χ2n) is 35.7. The van der Waals surface area contributed by atoms with Gasteiger partial charge in [0.05, 0.1) is 22.9 Å². The number of anilines is 7. The summed E-state index contributed by atoms with van der Waals surface area (Å²) in [7, 11) is 0. The highest BCUT2D eigenvalue weighted by Crippen LogP contribution is 2.68. The zero-order valence-corrected chi connectivity index (χ0v) is 56.3. The molecule has 6 heterocycles. The molecule has 0 N–H and O–H groups in total. The van der Waals surface area contributed by atoms with Crippen LogP contribution in [-0.4, -0.2) is 18.3 Å². The van der Waals surface area contributed by atoms with Crippen molar-refractivity contribution in [3.63, 3.8) is 0 Å². The van der Waals surface area contributed by atoms with Crippen LogP contribution in [0.4, 0.5) is 39.8 Å². The zero-order valence-electron chi connectivity index (χ0n) is 56.3. The summed E-state index contributed by atoms with van der Waals surface area (Å²) in [5.74, 6) is 1.54. The minimum absolute atomic E-state index is 0.000135. The van der Waals surface area contributed by atoms with Crippen LogP contribution in [0.5, 0.6) is 5.75 Å². The summed E-state index contributed by atoms with van der Waals surface area (Å²) in [4.78, 5) is 8.57. The molecule has 6 unspecified atom stereocenters. The van der Waals surface area contributed by atoms with E-state index in [1.54, 1.807) is 11.1 Å².